The molecule has 0 saturated carbocycles. The Bertz CT molecular complexity index is 757. The van der Waals surface area contributed by atoms with Crippen LogP contribution in [-0.4, -0.2) is 25.1 Å². The summed E-state index contributed by atoms with van der Waals surface area (Å²) in [6.07, 6.45) is 2.37. The molecule has 2 aromatic carbocycles. The van der Waals surface area contributed by atoms with Crippen LogP contribution < -0.4 is 4.74 Å². The second-order valence-electron chi connectivity index (χ2n) is 6.49. The van der Waals surface area contributed by atoms with E-state index in [0.717, 1.165) is 33.6 Å². The topological polar surface area (TPSA) is 27.7 Å². The molecule has 0 bridgehead atoms. The first-order chi connectivity index (χ1) is 12.4. The standard InChI is InChI=1S/C21H23O3P/c1-2-22-19-10-8-16-9-11-20(23-12-15-6-4-3-5-7-15)18-14-25-24-13-17(19)21(16)18/h3-7,9,11,14,17,19H,2,8,10,12-13H2,1H3. The minimum atomic E-state index is 0.238. The first-order valence-corrected chi connectivity index (χ1v) is 9.84. The van der Waals surface area contributed by atoms with Gasteiger partial charge >= 0.3 is 0 Å². The normalized spacial score (nSPS) is 22.1. The van der Waals surface area contributed by atoms with E-state index >= 15 is 0 Å². The van der Waals surface area contributed by atoms with Crippen LogP contribution in [0.3, 0.4) is 0 Å². The molecule has 2 aliphatic rings. The second-order valence-corrected chi connectivity index (χ2v) is 7.22. The lowest BCUT2D eigenvalue weighted by Crippen LogP contribution is -2.31. The number of hydrogen-bond acceptors (Lipinski definition) is 3. The zero-order chi connectivity index (χ0) is 17.1. The maximum atomic E-state index is 6.18. The van der Waals surface area contributed by atoms with Crippen molar-refractivity contribution in [3.05, 3.63) is 64.7 Å². The van der Waals surface area contributed by atoms with Crippen LogP contribution in [0.4, 0.5) is 0 Å². The highest BCUT2D eigenvalue weighted by Gasteiger charge is 2.34. The number of benzene rings is 2. The van der Waals surface area contributed by atoms with Gasteiger partial charge in [0.1, 0.15) is 12.4 Å². The van der Waals surface area contributed by atoms with E-state index in [1.165, 1.54) is 22.3 Å². The van der Waals surface area contributed by atoms with E-state index in [0.29, 0.717) is 19.1 Å². The van der Waals surface area contributed by atoms with Crippen LogP contribution in [0.5, 0.6) is 5.75 Å². The molecule has 2 unspecified atom stereocenters. The second kappa shape index (κ2) is 7.70. The fraction of sp³-hybridized carbons (Fsp3) is 0.381. The molecule has 1 heterocycles. The van der Waals surface area contributed by atoms with Gasteiger partial charge in [0.15, 0.2) is 0 Å². The molecular formula is C21H23O3P. The van der Waals surface area contributed by atoms with Gasteiger partial charge in [0.05, 0.1) is 21.1 Å². The molecule has 25 heavy (non-hydrogen) atoms. The zero-order valence-corrected chi connectivity index (χ0v) is 15.4. The largest absolute Gasteiger partial charge is 0.488 e. The predicted octanol–water partition coefficient (Wildman–Crippen LogP) is 4.74. The summed E-state index contributed by atoms with van der Waals surface area (Å²) in [5.74, 6) is 3.39. The molecule has 4 rings (SSSR count). The number of hydrogen-bond donors (Lipinski definition) is 0. The van der Waals surface area contributed by atoms with Gasteiger partial charge in [-0.3, -0.25) is 0 Å². The molecule has 2 atom stereocenters. The van der Waals surface area contributed by atoms with Gasteiger partial charge in [-0.2, -0.15) is 0 Å². The maximum absolute atomic E-state index is 6.18. The molecule has 0 fully saturated rings. The molecule has 0 aromatic heterocycles. The van der Waals surface area contributed by atoms with E-state index in [9.17, 15) is 0 Å². The van der Waals surface area contributed by atoms with Gasteiger partial charge < -0.3 is 14.0 Å². The maximum Gasteiger partial charge on any atom is 0.127 e. The zero-order valence-electron chi connectivity index (χ0n) is 14.5. The average molecular weight is 354 g/mol. The van der Waals surface area contributed by atoms with Gasteiger partial charge in [-0.25, -0.2) is 0 Å². The summed E-state index contributed by atoms with van der Waals surface area (Å²) in [6.45, 7) is 4.11. The number of aryl methyl sites for hydroxylation is 1. The molecule has 0 N–H and O–H groups in total. The van der Waals surface area contributed by atoms with Crippen LogP contribution in [0.25, 0.3) is 0 Å². The van der Waals surface area contributed by atoms with Crippen molar-refractivity contribution in [1.29, 1.82) is 0 Å². The van der Waals surface area contributed by atoms with Crippen molar-refractivity contribution in [2.24, 2.45) is 0 Å². The summed E-state index contributed by atoms with van der Waals surface area (Å²) in [4.78, 5) is 0. The van der Waals surface area contributed by atoms with Gasteiger partial charge in [0.2, 0.25) is 0 Å². The van der Waals surface area contributed by atoms with E-state index in [1.54, 1.807) is 0 Å². The summed E-state index contributed by atoms with van der Waals surface area (Å²) in [5.41, 5.74) is 5.17. The summed E-state index contributed by atoms with van der Waals surface area (Å²) < 4.78 is 18.0. The van der Waals surface area contributed by atoms with Crippen LogP contribution in [0.15, 0.2) is 42.5 Å². The number of ether oxygens (including phenoxy) is 2. The van der Waals surface area contributed by atoms with Crippen LogP contribution in [0, 0.1) is 0 Å². The predicted molar refractivity (Wildman–Crippen MR) is 102 cm³/mol. The fourth-order valence-corrected chi connectivity index (χ4v) is 4.51. The Hall–Kier alpha value is -1.67. The van der Waals surface area contributed by atoms with E-state index in [4.69, 9.17) is 14.0 Å². The molecule has 0 radical (unpaired) electrons. The highest BCUT2D eigenvalue weighted by atomic mass is 31.1. The average Bonchev–Trinajstić information content (AvgIpc) is 2.89. The molecule has 1 aliphatic carbocycles. The van der Waals surface area contributed by atoms with E-state index in [1.807, 2.05) is 18.2 Å². The van der Waals surface area contributed by atoms with Gasteiger partial charge in [-0.15, -0.1) is 0 Å². The van der Waals surface area contributed by atoms with Crippen molar-refractivity contribution in [1.82, 2.24) is 0 Å². The van der Waals surface area contributed by atoms with Gasteiger partial charge in [0, 0.05) is 23.9 Å². The van der Waals surface area contributed by atoms with Gasteiger partial charge in [0.25, 0.3) is 0 Å². The Morgan fingerprint density at radius 3 is 2.88 bits per heavy atom. The Kier molecular flexibility index (Phi) is 5.17. The molecule has 0 spiro atoms. The lowest BCUT2D eigenvalue weighted by atomic mass is 9.78. The third-order valence-corrected chi connectivity index (χ3v) is 5.65. The molecule has 2 aromatic rings. The molecule has 0 amide bonds. The third kappa shape index (κ3) is 3.50. The SMILES string of the molecule is CCOC1CCc2ccc(OCc3ccccc3)c3c2C1COP=C3. The lowest BCUT2D eigenvalue weighted by molar-refractivity contribution is 0.0217. The molecule has 3 nitrogen and oxygen atoms in total. The van der Waals surface area contributed by atoms with Crippen LogP contribution >= 0.6 is 8.43 Å². The minimum Gasteiger partial charge on any atom is -0.488 e. The van der Waals surface area contributed by atoms with Gasteiger partial charge in [-0.05, 0) is 42.5 Å². The molecule has 130 valence electrons. The van der Waals surface area contributed by atoms with Crippen LogP contribution in [-0.2, 0) is 22.3 Å². The molecule has 0 saturated heterocycles. The molecular weight excluding hydrogens is 331 g/mol. The van der Waals surface area contributed by atoms with E-state index in [-0.39, 0.29) is 6.10 Å². The summed E-state index contributed by atoms with van der Waals surface area (Å²) in [5, 5.41) is 0. The van der Waals surface area contributed by atoms with E-state index < -0.39 is 0 Å². The van der Waals surface area contributed by atoms with E-state index in [2.05, 4.69) is 37.0 Å². The van der Waals surface area contributed by atoms with Crippen molar-refractivity contribution in [2.45, 2.75) is 38.4 Å². The number of rotatable bonds is 5. The first-order valence-electron chi connectivity index (χ1n) is 8.96. The van der Waals surface area contributed by atoms with Crippen LogP contribution in [0.1, 0.15) is 41.5 Å². The highest BCUT2D eigenvalue weighted by molar-refractivity contribution is 7.33. The Morgan fingerprint density at radius 2 is 2.04 bits per heavy atom. The molecule has 1 aliphatic heterocycles. The Balaban J connectivity index is 1.66. The fourth-order valence-electron chi connectivity index (χ4n) is 3.81. The monoisotopic (exact) mass is 354 g/mol. The molecule has 4 heteroatoms. The van der Waals surface area contributed by atoms with Crippen molar-refractivity contribution < 1.29 is 14.0 Å². The summed E-state index contributed by atoms with van der Waals surface area (Å²) >= 11 is 0. The van der Waals surface area contributed by atoms with Crippen molar-refractivity contribution >= 4 is 14.2 Å². The third-order valence-electron chi connectivity index (χ3n) is 4.98. The minimum absolute atomic E-state index is 0.238. The summed E-state index contributed by atoms with van der Waals surface area (Å²) in [6, 6.07) is 14.6. The van der Waals surface area contributed by atoms with Crippen molar-refractivity contribution in [3.63, 3.8) is 0 Å². The summed E-state index contributed by atoms with van der Waals surface area (Å²) in [7, 11) is 0.891. The first kappa shape index (κ1) is 16.8. The smallest absolute Gasteiger partial charge is 0.127 e. The highest BCUT2D eigenvalue weighted by Crippen LogP contribution is 2.41. The van der Waals surface area contributed by atoms with Gasteiger partial charge in [-0.1, -0.05) is 36.4 Å². The Labute approximate surface area is 150 Å². The quantitative estimate of drug-likeness (QED) is 0.726. The van der Waals surface area contributed by atoms with Crippen LogP contribution in [0.2, 0.25) is 0 Å². The van der Waals surface area contributed by atoms with Crippen molar-refractivity contribution in [3.8, 4) is 5.75 Å². The van der Waals surface area contributed by atoms with Crippen molar-refractivity contribution in [2.75, 3.05) is 13.2 Å². The Morgan fingerprint density at radius 1 is 1.16 bits per heavy atom. The lowest BCUT2D eigenvalue weighted by Gasteiger charge is -2.33.